The highest BCUT2D eigenvalue weighted by molar-refractivity contribution is 7.08. The van der Waals surface area contributed by atoms with Crippen LogP contribution >= 0.6 is 11.5 Å². The van der Waals surface area contributed by atoms with E-state index in [1.54, 1.807) is 12.4 Å². The molecule has 4 rings (SSSR count). The fourth-order valence-electron chi connectivity index (χ4n) is 3.97. The molecule has 2 aliphatic heterocycles. The highest BCUT2D eigenvalue weighted by Crippen LogP contribution is 2.41. The summed E-state index contributed by atoms with van der Waals surface area (Å²) >= 11 is 1.24. The quantitative estimate of drug-likeness (QED) is 0.857. The van der Waals surface area contributed by atoms with Crippen molar-refractivity contribution >= 4 is 17.4 Å². The third-order valence-electron chi connectivity index (χ3n) is 4.94. The van der Waals surface area contributed by atoms with Crippen LogP contribution in [0.15, 0.2) is 12.4 Å². The van der Waals surface area contributed by atoms with Crippen LogP contribution in [0.25, 0.3) is 0 Å². The summed E-state index contributed by atoms with van der Waals surface area (Å²) < 4.78 is 4.00. The standard InChI is InChI=1S/C15H20N6OS/c1-2-3-13-14(23-19-18-13)15(22)20-10-4-5-11(20)9-12(8-10)21-16-6-7-17-21/h6-7,10-12H,2-5,8-9H2,1H3. The maximum absolute atomic E-state index is 13.0. The second-order valence-corrected chi connectivity index (χ2v) is 7.12. The number of hydrogen-bond acceptors (Lipinski definition) is 6. The second kappa shape index (κ2) is 5.99. The average molecular weight is 332 g/mol. The molecule has 0 saturated carbocycles. The van der Waals surface area contributed by atoms with Gasteiger partial charge in [0.2, 0.25) is 0 Å². The fraction of sp³-hybridized carbons (Fsp3) is 0.667. The first-order valence-corrected chi connectivity index (χ1v) is 9.05. The zero-order chi connectivity index (χ0) is 15.8. The minimum absolute atomic E-state index is 0.128. The molecule has 23 heavy (non-hydrogen) atoms. The maximum atomic E-state index is 13.0. The summed E-state index contributed by atoms with van der Waals surface area (Å²) in [5.74, 6) is 0.128. The molecule has 0 radical (unpaired) electrons. The van der Waals surface area contributed by atoms with Crippen molar-refractivity contribution in [1.82, 2.24) is 29.5 Å². The Morgan fingerprint density at radius 2 is 1.91 bits per heavy atom. The van der Waals surface area contributed by atoms with Gasteiger partial charge < -0.3 is 4.90 Å². The van der Waals surface area contributed by atoms with Gasteiger partial charge in [0.1, 0.15) is 4.88 Å². The van der Waals surface area contributed by atoms with E-state index in [0.29, 0.717) is 6.04 Å². The number of rotatable bonds is 4. The number of hydrogen-bond donors (Lipinski definition) is 0. The predicted octanol–water partition coefficient (Wildman–Crippen LogP) is 2.09. The molecule has 2 fully saturated rings. The van der Waals surface area contributed by atoms with Crippen molar-refractivity contribution in [2.45, 2.75) is 63.6 Å². The van der Waals surface area contributed by atoms with Crippen LogP contribution in [0.1, 0.15) is 60.4 Å². The van der Waals surface area contributed by atoms with Gasteiger partial charge in [0, 0.05) is 12.1 Å². The number of carbonyl (C=O) groups excluding carboxylic acids is 1. The molecule has 1 amide bonds. The summed E-state index contributed by atoms with van der Waals surface area (Å²) in [7, 11) is 0. The Morgan fingerprint density at radius 1 is 1.22 bits per heavy atom. The Morgan fingerprint density at radius 3 is 2.57 bits per heavy atom. The van der Waals surface area contributed by atoms with Crippen molar-refractivity contribution in [2.24, 2.45) is 0 Å². The first kappa shape index (κ1) is 14.7. The highest BCUT2D eigenvalue weighted by Gasteiger charge is 2.45. The van der Waals surface area contributed by atoms with Gasteiger partial charge in [0.05, 0.1) is 24.1 Å². The van der Waals surface area contributed by atoms with E-state index in [1.807, 2.05) is 4.80 Å². The number of aryl methyl sites for hydroxylation is 1. The van der Waals surface area contributed by atoms with Crippen LogP contribution in [0.3, 0.4) is 0 Å². The molecule has 122 valence electrons. The van der Waals surface area contributed by atoms with E-state index in [1.165, 1.54) is 11.5 Å². The van der Waals surface area contributed by atoms with Crippen molar-refractivity contribution in [1.29, 1.82) is 0 Å². The monoisotopic (exact) mass is 332 g/mol. The fourth-order valence-corrected chi connectivity index (χ4v) is 4.62. The molecule has 4 heterocycles. The van der Waals surface area contributed by atoms with E-state index in [9.17, 15) is 4.79 Å². The lowest BCUT2D eigenvalue weighted by atomic mass is 9.97. The van der Waals surface area contributed by atoms with Gasteiger partial charge in [-0.15, -0.1) is 5.10 Å². The lowest BCUT2D eigenvalue weighted by Crippen LogP contribution is -2.47. The molecule has 2 atom stereocenters. The van der Waals surface area contributed by atoms with Crippen molar-refractivity contribution in [2.75, 3.05) is 0 Å². The summed E-state index contributed by atoms with van der Waals surface area (Å²) in [4.78, 5) is 17.7. The Balaban J connectivity index is 1.54. The van der Waals surface area contributed by atoms with E-state index in [2.05, 4.69) is 31.6 Å². The van der Waals surface area contributed by atoms with Gasteiger partial charge in [-0.05, 0) is 43.6 Å². The van der Waals surface area contributed by atoms with Crippen LogP contribution in [-0.4, -0.2) is 47.5 Å². The van der Waals surface area contributed by atoms with Crippen LogP contribution < -0.4 is 0 Å². The van der Waals surface area contributed by atoms with E-state index < -0.39 is 0 Å². The summed E-state index contributed by atoms with van der Waals surface area (Å²) in [6.45, 7) is 2.10. The SMILES string of the molecule is CCCc1nnsc1C(=O)N1C2CCC1CC(n1nccn1)C2. The summed E-state index contributed by atoms with van der Waals surface area (Å²) in [6, 6.07) is 0.879. The minimum atomic E-state index is 0.128. The van der Waals surface area contributed by atoms with Gasteiger partial charge in [-0.2, -0.15) is 15.0 Å². The third kappa shape index (κ3) is 2.54. The molecule has 2 bridgehead atoms. The van der Waals surface area contributed by atoms with E-state index in [0.717, 1.165) is 49.1 Å². The molecule has 0 spiro atoms. The van der Waals surface area contributed by atoms with Crippen molar-refractivity contribution in [3.8, 4) is 0 Å². The molecule has 2 unspecified atom stereocenters. The normalized spacial score (nSPS) is 26.7. The van der Waals surface area contributed by atoms with Crippen LogP contribution in [-0.2, 0) is 6.42 Å². The summed E-state index contributed by atoms with van der Waals surface area (Å²) in [5.41, 5.74) is 0.859. The number of fused-ring (bicyclic) bond motifs is 2. The molecule has 0 N–H and O–H groups in total. The van der Waals surface area contributed by atoms with Gasteiger partial charge >= 0.3 is 0 Å². The smallest absolute Gasteiger partial charge is 0.268 e. The lowest BCUT2D eigenvalue weighted by Gasteiger charge is -2.38. The number of carbonyl (C=O) groups is 1. The average Bonchev–Trinajstić information content (AvgIpc) is 3.27. The molecule has 2 aliphatic rings. The zero-order valence-corrected chi connectivity index (χ0v) is 13.9. The van der Waals surface area contributed by atoms with Crippen LogP contribution in [0.5, 0.6) is 0 Å². The Bertz CT molecular complexity index is 670. The van der Waals surface area contributed by atoms with Gasteiger partial charge in [-0.3, -0.25) is 4.79 Å². The topological polar surface area (TPSA) is 76.8 Å². The number of piperidine rings is 1. The van der Waals surface area contributed by atoms with Crippen molar-refractivity contribution in [3.63, 3.8) is 0 Å². The first-order valence-electron chi connectivity index (χ1n) is 8.27. The highest BCUT2D eigenvalue weighted by atomic mass is 32.1. The molecule has 0 aliphatic carbocycles. The molecule has 2 saturated heterocycles. The largest absolute Gasteiger partial charge is 0.332 e. The van der Waals surface area contributed by atoms with Crippen molar-refractivity contribution < 1.29 is 4.79 Å². The molecular weight excluding hydrogens is 312 g/mol. The lowest BCUT2D eigenvalue weighted by molar-refractivity contribution is 0.0516. The number of amides is 1. The Kier molecular flexibility index (Phi) is 3.84. The molecule has 7 nitrogen and oxygen atoms in total. The van der Waals surface area contributed by atoms with Crippen LogP contribution in [0.4, 0.5) is 0 Å². The molecule has 0 aromatic carbocycles. The molecule has 8 heteroatoms. The van der Waals surface area contributed by atoms with Gasteiger partial charge in [0.15, 0.2) is 0 Å². The van der Waals surface area contributed by atoms with E-state index >= 15 is 0 Å². The zero-order valence-electron chi connectivity index (χ0n) is 13.1. The van der Waals surface area contributed by atoms with E-state index in [4.69, 9.17) is 0 Å². The minimum Gasteiger partial charge on any atom is -0.332 e. The summed E-state index contributed by atoms with van der Waals surface area (Å²) in [6.07, 6.45) is 9.26. The molecular formula is C15H20N6OS. The summed E-state index contributed by atoms with van der Waals surface area (Å²) in [5, 5.41) is 12.7. The Hall–Kier alpha value is -1.83. The molecule has 2 aromatic rings. The van der Waals surface area contributed by atoms with E-state index in [-0.39, 0.29) is 18.0 Å². The van der Waals surface area contributed by atoms with Crippen LogP contribution in [0, 0.1) is 0 Å². The maximum Gasteiger partial charge on any atom is 0.268 e. The number of nitrogens with zero attached hydrogens (tertiary/aromatic N) is 6. The first-order chi connectivity index (χ1) is 11.3. The second-order valence-electron chi connectivity index (χ2n) is 6.37. The number of aromatic nitrogens is 5. The third-order valence-corrected chi connectivity index (χ3v) is 5.70. The van der Waals surface area contributed by atoms with Crippen LogP contribution in [0.2, 0.25) is 0 Å². The van der Waals surface area contributed by atoms with Gasteiger partial charge in [-0.25, -0.2) is 0 Å². The van der Waals surface area contributed by atoms with Gasteiger partial charge in [0.25, 0.3) is 5.91 Å². The predicted molar refractivity (Wildman–Crippen MR) is 85.2 cm³/mol. The molecule has 2 aromatic heterocycles. The van der Waals surface area contributed by atoms with Gasteiger partial charge in [-0.1, -0.05) is 17.8 Å². The van der Waals surface area contributed by atoms with Crippen molar-refractivity contribution in [3.05, 3.63) is 23.0 Å². The Labute approximate surface area is 138 Å².